The van der Waals surface area contributed by atoms with Gasteiger partial charge in [-0.15, -0.1) is 0 Å². The summed E-state index contributed by atoms with van der Waals surface area (Å²) >= 11 is 0. The molecule has 3 aliphatic rings. The van der Waals surface area contributed by atoms with Crippen LogP contribution in [0.4, 0.5) is 0 Å². The summed E-state index contributed by atoms with van der Waals surface area (Å²) in [6.45, 7) is 5.99. The molecular weight excluding hydrogens is 338 g/mol. The topological polar surface area (TPSA) is 65.1 Å². The zero-order valence-corrected chi connectivity index (χ0v) is 16.1. The van der Waals surface area contributed by atoms with Crippen LogP contribution in [-0.4, -0.2) is 63.1 Å². The van der Waals surface area contributed by atoms with Crippen molar-refractivity contribution in [1.29, 1.82) is 0 Å². The number of piperidine rings is 1. The Hall–Kier alpha value is -2.21. The van der Waals surface area contributed by atoms with Crippen LogP contribution in [0.5, 0.6) is 0 Å². The number of carbonyl (C=O) groups is 1. The quantitative estimate of drug-likeness (QED) is 0.850. The van der Waals surface area contributed by atoms with Gasteiger partial charge in [0.05, 0.1) is 6.42 Å². The summed E-state index contributed by atoms with van der Waals surface area (Å²) in [4.78, 5) is 21.8. The van der Waals surface area contributed by atoms with Crippen molar-refractivity contribution in [3.05, 3.63) is 47.5 Å². The van der Waals surface area contributed by atoms with Crippen LogP contribution in [0.25, 0.3) is 0 Å². The van der Waals surface area contributed by atoms with E-state index in [0.717, 1.165) is 44.8 Å². The maximum absolute atomic E-state index is 12.8. The smallest absolute Gasteiger partial charge is 0.230 e. The van der Waals surface area contributed by atoms with Crippen LogP contribution in [-0.2, 0) is 17.6 Å². The number of nitrogens with one attached hydrogen (secondary N) is 1. The van der Waals surface area contributed by atoms with Crippen LogP contribution in [0.1, 0.15) is 36.5 Å². The molecule has 6 heteroatoms. The van der Waals surface area contributed by atoms with Crippen LogP contribution in [0.2, 0.25) is 0 Å². The van der Waals surface area contributed by atoms with E-state index in [1.54, 1.807) is 0 Å². The molecule has 0 radical (unpaired) electrons. The van der Waals surface area contributed by atoms with Crippen LogP contribution in [0.3, 0.4) is 0 Å². The first-order chi connectivity index (χ1) is 13.2. The second-order valence-corrected chi connectivity index (χ2v) is 8.01. The highest BCUT2D eigenvalue weighted by atomic mass is 16.2. The molecule has 27 heavy (non-hydrogen) atoms. The van der Waals surface area contributed by atoms with E-state index in [0.29, 0.717) is 24.2 Å². The number of hydrogen-bond acceptors (Lipinski definition) is 4. The number of hydrogen-bond donors (Lipinski definition) is 1. The minimum absolute atomic E-state index is 0.176. The van der Waals surface area contributed by atoms with Crippen LogP contribution in [0, 0.1) is 12.8 Å². The van der Waals surface area contributed by atoms with Crippen LogP contribution in [0.15, 0.2) is 30.3 Å². The highest BCUT2D eigenvalue weighted by Gasteiger charge is 2.37. The maximum Gasteiger partial charge on any atom is 0.230 e. The van der Waals surface area contributed by atoms with Gasteiger partial charge >= 0.3 is 0 Å². The third kappa shape index (κ3) is 4.56. The van der Waals surface area contributed by atoms with Gasteiger partial charge in [-0.05, 0) is 50.6 Å². The number of nitrogens with zero attached hydrogens (tertiary/aromatic N) is 4. The van der Waals surface area contributed by atoms with Gasteiger partial charge in [-0.3, -0.25) is 9.89 Å². The highest BCUT2D eigenvalue weighted by molar-refractivity contribution is 5.78. The van der Waals surface area contributed by atoms with Crippen molar-refractivity contribution in [2.75, 3.05) is 26.2 Å². The summed E-state index contributed by atoms with van der Waals surface area (Å²) < 4.78 is 0. The first-order valence-electron chi connectivity index (χ1n) is 10.1. The van der Waals surface area contributed by atoms with Gasteiger partial charge < -0.3 is 9.80 Å². The van der Waals surface area contributed by atoms with Gasteiger partial charge in [0.2, 0.25) is 5.91 Å². The van der Waals surface area contributed by atoms with Gasteiger partial charge in [0, 0.05) is 25.7 Å². The van der Waals surface area contributed by atoms with Crippen LogP contribution >= 0.6 is 0 Å². The van der Waals surface area contributed by atoms with Crippen molar-refractivity contribution in [3.63, 3.8) is 0 Å². The SMILES string of the molecule is Cc1nc(CC(=O)N2CC3CCC2CN(CCCc2ccccc2)C3)n[nH]1. The predicted molar refractivity (Wildman–Crippen MR) is 104 cm³/mol. The van der Waals surface area contributed by atoms with Crippen LogP contribution < -0.4 is 0 Å². The molecule has 2 unspecified atom stereocenters. The molecule has 2 bridgehead atoms. The molecule has 3 aliphatic heterocycles. The molecule has 6 nitrogen and oxygen atoms in total. The van der Waals surface area contributed by atoms with Crippen molar-refractivity contribution in [2.45, 2.75) is 45.1 Å². The van der Waals surface area contributed by atoms with Gasteiger partial charge in [0.1, 0.15) is 5.82 Å². The van der Waals surface area contributed by atoms with E-state index in [1.165, 1.54) is 18.4 Å². The largest absolute Gasteiger partial charge is 0.338 e. The lowest BCUT2D eigenvalue weighted by Gasteiger charge is -2.36. The summed E-state index contributed by atoms with van der Waals surface area (Å²) in [5.41, 5.74) is 1.41. The molecule has 2 atom stereocenters. The molecule has 0 aliphatic carbocycles. The Labute approximate surface area is 161 Å². The van der Waals surface area contributed by atoms with E-state index < -0.39 is 0 Å². The molecule has 2 aromatic rings. The minimum Gasteiger partial charge on any atom is -0.338 e. The average Bonchev–Trinajstić information content (AvgIpc) is 2.89. The summed E-state index contributed by atoms with van der Waals surface area (Å²) in [5, 5.41) is 6.95. The fourth-order valence-corrected chi connectivity index (χ4v) is 4.52. The predicted octanol–water partition coefficient (Wildman–Crippen LogP) is 2.21. The van der Waals surface area contributed by atoms with E-state index in [1.807, 2.05) is 6.92 Å². The number of carbonyl (C=O) groups excluding carboxylic acids is 1. The van der Waals surface area contributed by atoms with E-state index in [2.05, 4.69) is 55.3 Å². The number of benzene rings is 1. The molecule has 3 fully saturated rings. The van der Waals surface area contributed by atoms with Gasteiger partial charge in [0.15, 0.2) is 5.82 Å². The molecule has 1 aromatic carbocycles. The Kier molecular flexibility index (Phi) is 5.53. The number of fused-ring (bicyclic) bond motifs is 4. The lowest BCUT2D eigenvalue weighted by molar-refractivity contribution is -0.134. The Balaban J connectivity index is 1.32. The third-order valence-corrected chi connectivity index (χ3v) is 5.84. The molecule has 144 valence electrons. The van der Waals surface area contributed by atoms with Gasteiger partial charge in [-0.1, -0.05) is 30.3 Å². The standard InChI is InChI=1S/C21H29N5O/c1-16-22-20(24-23-16)12-21(27)26-14-18-9-10-19(26)15-25(13-18)11-5-8-17-6-3-2-4-7-17/h2-4,6-7,18-19H,5,8-15H2,1H3,(H,22,23,24). The number of aromatic amines is 1. The fraction of sp³-hybridized carbons (Fsp3) is 0.571. The zero-order chi connectivity index (χ0) is 18.6. The summed E-state index contributed by atoms with van der Waals surface area (Å²) in [7, 11) is 0. The first kappa shape index (κ1) is 18.2. The molecule has 5 rings (SSSR count). The Morgan fingerprint density at radius 3 is 2.81 bits per heavy atom. The molecular formula is C21H29N5O. The van der Waals surface area contributed by atoms with Crippen molar-refractivity contribution < 1.29 is 4.79 Å². The number of aryl methyl sites for hydroxylation is 2. The monoisotopic (exact) mass is 367 g/mol. The van der Waals surface area contributed by atoms with Crippen molar-refractivity contribution >= 4 is 5.91 Å². The Morgan fingerprint density at radius 2 is 2.04 bits per heavy atom. The average molecular weight is 367 g/mol. The lowest BCUT2D eigenvalue weighted by atomic mass is 9.94. The lowest BCUT2D eigenvalue weighted by Crippen LogP contribution is -2.48. The number of H-pyrrole nitrogens is 1. The number of amides is 1. The summed E-state index contributed by atoms with van der Waals surface area (Å²) in [5.74, 6) is 2.14. The second-order valence-electron chi connectivity index (χ2n) is 8.01. The van der Waals surface area contributed by atoms with E-state index in [9.17, 15) is 4.79 Å². The molecule has 1 N–H and O–H groups in total. The molecule has 0 saturated carbocycles. The van der Waals surface area contributed by atoms with E-state index in [-0.39, 0.29) is 5.91 Å². The van der Waals surface area contributed by atoms with Gasteiger partial charge in [-0.25, -0.2) is 4.98 Å². The third-order valence-electron chi connectivity index (χ3n) is 5.84. The minimum atomic E-state index is 0.176. The first-order valence-corrected chi connectivity index (χ1v) is 10.1. The zero-order valence-electron chi connectivity index (χ0n) is 16.1. The Morgan fingerprint density at radius 1 is 1.19 bits per heavy atom. The molecule has 0 spiro atoms. The van der Waals surface area contributed by atoms with Gasteiger partial charge in [-0.2, -0.15) is 5.10 Å². The fourth-order valence-electron chi connectivity index (χ4n) is 4.52. The van der Waals surface area contributed by atoms with E-state index >= 15 is 0 Å². The molecule has 1 aromatic heterocycles. The van der Waals surface area contributed by atoms with Crippen molar-refractivity contribution in [2.24, 2.45) is 5.92 Å². The number of rotatable bonds is 6. The van der Waals surface area contributed by atoms with Crippen molar-refractivity contribution in [3.8, 4) is 0 Å². The van der Waals surface area contributed by atoms with Gasteiger partial charge in [0.25, 0.3) is 0 Å². The molecule has 3 saturated heterocycles. The second kappa shape index (κ2) is 8.21. The summed E-state index contributed by atoms with van der Waals surface area (Å²) in [6.07, 6.45) is 4.97. The molecule has 1 amide bonds. The Bertz CT molecular complexity index is 759. The number of aromatic nitrogens is 3. The van der Waals surface area contributed by atoms with E-state index in [4.69, 9.17) is 0 Å². The normalized spacial score (nSPS) is 22.8. The highest BCUT2D eigenvalue weighted by Crippen LogP contribution is 2.28. The summed E-state index contributed by atoms with van der Waals surface area (Å²) in [6, 6.07) is 11.0. The maximum atomic E-state index is 12.8. The molecule has 4 heterocycles. The van der Waals surface area contributed by atoms with Crippen molar-refractivity contribution in [1.82, 2.24) is 25.0 Å².